The first-order valence-corrected chi connectivity index (χ1v) is 12.1. The summed E-state index contributed by atoms with van der Waals surface area (Å²) in [5.41, 5.74) is 7.34. The Labute approximate surface area is 221 Å². The van der Waals surface area contributed by atoms with Crippen molar-refractivity contribution in [2.75, 3.05) is 5.32 Å². The van der Waals surface area contributed by atoms with Crippen molar-refractivity contribution in [3.8, 4) is 33.9 Å². The van der Waals surface area contributed by atoms with Gasteiger partial charge in [-0.15, -0.1) is 0 Å². The second-order valence-corrected chi connectivity index (χ2v) is 8.85. The van der Waals surface area contributed by atoms with Gasteiger partial charge in [0.05, 0.1) is 29.3 Å². The molecule has 0 aliphatic carbocycles. The van der Waals surface area contributed by atoms with E-state index >= 15 is 0 Å². The fraction of sp³-hybridized carbons (Fsp3) is 0. The molecule has 186 valence electrons. The number of aromatic nitrogens is 8. The molecule has 0 aliphatic rings. The SMILES string of the molecule is O=C(Nc1cncc(-c2cc3c(-c4nc5c(-c6ccncc6)ccnc5[nH]4)n[nH]c3cn2)c1)c1ccccc1. The van der Waals surface area contributed by atoms with Crippen molar-refractivity contribution < 1.29 is 4.79 Å². The quantitative estimate of drug-likeness (QED) is 0.287. The van der Waals surface area contributed by atoms with Gasteiger partial charge < -0.3 is 10.3 Å². The Bertz CT molecular complexity index is 1960. The number of carbonyl (C=O) groups is 1. The van der Waals surface area contributed by atoms with Crippen molar-refractivity contribution in [2.24, 2.45) is 0 Å². The molecule has 0 radical (unpaired) electrons. The van der Waals surface area contributed by atoms with Crippen LogP contribution in [0, 0.1) is 0 Å². The molecule has 3 N–H and O–H groups in total. The molecule has 10 heteroatoms. The van der Waals surface area contributed by atoms with Gasteiger partial charge in [0.2, 0.25) is 0 Å². The lowest BCUT2D eigenvalue weighted by molar-refractivity contribution is 0.102. The summed E-state index contributed by atoms with van der Waals surface area (Å²) in [5.74, 6) is 0.379. The molecule has 0 unspecified atom stereocenters. The molecule has 7 rings (SSSR count). The van der Waals surface area contributed by atoms with E-state index in [0.717, 1.165) is 33.1 Å². The molecule has 0 atom stereocenters. The maximum absolute atomic E-state index is 12.6. The van der Waals surface area contributed by atoms with Gasteiger partial charge >= 0.3 is 0 Å². The third-order valence-electron chi connectivity index (χ3n) is 6.38. The normalized spacial score (nSPS) is 11.2. The van der Waals surface area contributed by atoms with Gasteiger partial charge in [-0.1, -0.05) is 18.2 Å². The molecule has 6 aromatic heterocycles. The van der Waals surface area contributed by atoms with Crippen LogP contribution in [-0.2, 0) is 0 Å². The van der Waals surface area contributed by atoms with E-state index in [1.165, 1.54) is 0 Å². The van der Waals surface area contributed by atoms with Gasteiger partial charge in [0, 0.05) is 46.9 Å². The number of hydrogen-bond acceptors (Lipinski definition) is 7. The Morgan fingerprint density at radius 1 is 0.821 bits per heavy atom. The minimum atomic E-state index is -0.209. The first-order chi connectivity index (χ1) is 19.2. The van der Waals surface area contributed by atoms with Crippen LogP contribution in [-0.4, -0.2) is 46.0 Å². The number of anilines is 1. The molecular weight excluding hydrogens is 490 g/mol. The summed E-state index contributed by atoms with van der Waals surface area (Å²) >= 11 is 0. The van der Waals surface area contributed by atoms with E-state index in [1.807, 2.05) is 48.5 Å². The summed E-state index contributed by atoms with van der Waals surface area (Å²) in [5, 5.41) is 11.3. The monoisotopic (exact) mass is 509 g/mol. The lowest BCUT2D eigenvalue weighted by atomic mass is 10.1. The lowest BCUT2D eigenvalue weighted by Crippen LogP contribution is -2.11. The number of nitrogens with one attached hydrogen (secondary N) is 3. The number of benzene rings is 1. The van der Waals surface area contributed by atoms with Crippen molar-refractivity contribution in [1.29, 1.82) is 0 Å². The predicted molar refractivity (Wildman–Crippen MR) is 148 cm³/mol. The molecule has 0 saturated heterocycles. The zero-order valence-corrected chi connectivity index (χ0v) is 20.3. The van der Waals surface area contributed by atoms with Crippen LogP contribution in [0.15, 0.2) is 97.8 Å². The molecule has 6 heterocycles. The van der Waals surface area contributed by atoms with Gasteiger partial charge in [-0.3, -0.25) is 24.8 Å². The fourth-order valence-corrected chi connectivity index (χ4v) is 4.48. The van der Waals surface area contributed by atoms with Crippen LogP contribution < -0.4 is 5.32 Å². The largest absolute Gasteiger partial charge is 0.321 e. The fourth-order valence-electron chi connectivity index (χ4n) is 4.48. The number of aromatic amines is 2. The second-order valence-electron chi connectivity index (χ2n) is 8.85. The van der Waals surface area contributed by atoms with Crippen molar-refractivity contribution in [3.05, 3.63) is 103 Å². The number of rotatable bonds is 5. The highest BCUT2D eigenvalue weighted by Crippen LogP contribution is 2.32. The van der Waals surface area contributed by atoms with Gasteiger partial charge in [-0.05, 0) is 48.0 Å². The maximum atomic E-state index is 12.6. The molecule has 0 fully saturated rings. The molecule has 10 nitrogen and oxygen atoms in total. The summed E-state index contributed by atoms with van der Waals surface area (Å²) in [4.78, 5) is 38.3. The summed E-state index contributed by atoms with van der Waals surface area (Å²) in [6.45, 7) is 0. The zero-order valence-electron chi connectivity index (χ0n) is 20.3. The number of amides is 1. The highest BCUT2D eigenvalue weighted by molar-refractivity contribution is 6.04. The molecule has 0 spiro atoms. The number of pyridine rings is 4. The summed E-state index contributed by atoms with van der Waals surface area (Å²) in [6.07, 6.45) is 10.3. The standard InChI is InChI=1S/C29H19N9O/c39-29(18-4-2-1-3-5-18)34-20-12-19(14-31-15-20)23-13-22-24(16-33-23)37-38-26(22)28-35-25-21(8-11-32-27(25)36-28)17-6-9-30-10-7-17/h1-16H,(H,34,39)(H,37,38)(H,32,35,36). The van der Waals surface area contributed by atoms with Crippen molar-refractivity contribution in [3.63, 3.8) is 0 Å². The number of fused-ring (bicyclic) bond motifs is 2. The Morgan fingerprint density at radius 2 is 1.69 bits per heavy atom. The van der Waals surface area contributed by atoms with Crippen LogP contribution in [0.3, 0.4) is 0 Å². The van der Waals surface area contributed by atoms with E-state index in [0.29, 0.717) is 34.1 Å². The van der Waals surface area contributed by atoms with E-state index in [-0.39, 0.29) is 5.91 Å². The van der Waals surface area contributed by atoms with E-state index < -0.39 is 0 Å². The molecule has 0 bridgehead atoms. The van der Waals surface area contributed by atoms with Crippen LogP contribution in [0.4, 0.5) is 5.69 Å². The average Bonchev–Trinajstić information content (AvgIpc) is 3.62. The average molecular weight is 510 g/mol. The van der Waals surface area contributed by atoms with E-state index in [1.54, 1.807) is 49.3 Å². The van der Waals surface area contributed by atoms with Crippen LogP contribution in [0.25, 0.3) is 56.0 Å². The van der Waals surface area contributed by atoms with Gasteiger partial charge in [0.25, 0.3) is 5.91 Å². The van der Waals surface area contributed by atoms with Gasteiger partial charge in [-0.2, -0.15) is 5.10 Å². The lowest BCUT2D eigenvalue weighted by Gasteiger charge is -2.07. The summed E-state index contributed by atoms with van der Waals surface area (Å²) in [7, 11) is 0. The number of hydrogen-bond donors (Lipinski definition) is 3. The van der Waals surface area contributed by atoms with E-state index in [9.17, 15) is 4.79 Å². The first kappa shape index (κ1) is 22.4. The number of carbonyl (C=O) groups excluding carboxylic acids is 1. The maximum Gasteiger partial charge on any atom is 0.255 e. The second kappa shape index (κ2) is 9.27. The minimum absolute atomic E-state index is 0.209. The van der Waals surface area contributed by atoms with E-state index in [4.69, 9.17) is 4.98 Å². The first-order valence-electron chi connectivity index (χ1n) is 12.1. The molecule has 7 aromatic rings. The zero-order chi connectivity index (χ0) is 26.2. The van der Waals surface area contributed by atoms with Crippen LogP contribution >= 0.6 is 0 Å². The molecule has 39 heavy (non-hydrogen) atoms. The number of H-pyrrole nitrogens is 2. The topological polar surface area (TPSA) is 138 Å². The third-order valence-corrected chi connectivity index (χ3v) is 6.38. The Morgan fingerprint density at radius 3 is 2.56 bits per heavy atom. The van der Waals surface area contributed by atoms with Crippen molar-refractivity contribution in [1.82, 2.24) is 40.1 Å². The highest BCUT2D eigenvalue weighted by atomic mass is 16.1. The predicted octanol–water partition coefficient (Wildman–Crippen LogP) is 5.27. The smallest absolute Gasteiger partial charge is 0.255 e. The van der Waals surface area contributed by atoms with Gasteiger partial charge in [-0.25, -0.2) is 9.97 Å². The van der Waals surface area contributed by atoms with Crippen LogP contribution in [0.1, 0.15) is 10.4 Å². The summed E-state index contributed by atoms with van der Waals surface area (Å²) < 4.78 is 0. The minimum Gasteiger partial charge on any atom is -0.321 e. The van der Waals surface area contributed by atoms with Crippen LogP contribution in [0.5, 0.6) is 0 Å². The molecule has 1 aromatic carbocycles. The molecule has 0 saturated carbocycles. The molecule has 0 aliphatic heterocycles. The van der Waals surface area contributed by atoms with Gasteiger partial charge in [0.1, 0.15) is 11.2 Å². The van der Waals surface area contributed by atoms with Crippen molar-refractivity contribution in [2.45, 2.75) is 0 Å². The molecule has 1 amide bonds. The Kier molecular flexibility index (Phi) is 5.33. The Balaban J connectivity index is 1.25. The molecular formula is C29H19N9O. The third kappa shape index (κ3) is 4.15. The summed E-state index contributed by atoms with van der Waals surface area (Å²) in [6, 6.07) is 18.6. The number of imidazole rings is 1. The van der Waals surface area contributed by atoms with Gasteiger partial charge in [0.15, 0.2) is 11.5 Å². The van der Waals surface area contributed by atoms with Crippen LogP contribution in [0.2, 0.25) is 0 Å². The number of nitrogens with zero attached hydrogens (tertiary/aromatic N) is 6. The van der Waals surface area contributed by atoms with E-state index in [2.05, 4.69) is 40.4 Å². The Hall–Kier alpha value is -5.77. The highest BCUT2D eigenvalue weighted by Gasteiger charge is 2.17. The van der Waals surface area contributed by atoms with Crippen molar-refractivity contribution >= 4 is 33.7 Å².